The van der Waals surface area contributed by atoms with Crippen LogP contribution in [-0.2, 0) is 0 Å². The summed E-state index contributed by atoms with van der Waals surface area (Å²) in [5, 5.41) is 3.48. The van der Waals surface area contributed by atoms with Crippen LogP contribution in [0.5, 0.6) is 5.75 Å². The maximum absolute atomic E-state index is 5.25. The second-order valence-electron chi connectivity index (χ2n) is 5.82. The number of hydrogen-bond donors (Lipinski definition) is 1. The number of hydrogen-bond acceptors (Lipinski definition) is 4. The van der Waals surface area contributed by atoms with E-state index in [4.69, 9.17) is 9.72 Å². The monoisotopic (exact) mass is 330 g/mol. The van der Waals surface area contributed by atoms with Crippen molar-refractivity contribution in [2.75, 3.05) is 12.4 Å². The maximum Gasteiger partial charge on any atom is 0.235 e. The summed E-state index contributed by atoms with van der Waals surface area (Å²) in [6.07, 6.45) is 3.70. The Morgan fingerprint density at radius 1 is 1.00 bits per heavy atom. The Hall–Kier alpha value is -3.34. The van der Waals surface area contributed by atoms with E-state index in [-0.39, 0.29) is 0 Å². The molecule has 4 aromatic rings. The smallest absolute Gasteiger partial charge is 0.235 e. The van der Waals surface area contributed by atoms with Gasteiger partial charge in [0.1, 0.15) is 17.3 Å². The van der Waals surface area contributed by atoms with Crippen LogP contribution in [0, 0.1) is 6.92 Å². The Morgan fingerprint density at radius 3 is 2.48 bits per heavy atom. The normalized spacial score (nSPS) is 10.8. The predicted octanol–water partition coefficient (Wildman–Crippen LogP) is 4.46. The highest BCUT2D eigenvalue weighted by Crippen LogP contribution is 2.31. The fourth-order valence-corrected chi connectivity index (χ4v) is 2.73. The fourth-order valence-electron chi connectivity index (χ4n) is 2.73. The minimum atomic E-state index is 0.655. The number of aryl methyl sites for hydroxylation is 1. The molecule has 0 saturated carbocycles. The zero-order valence-corrected chi connectivity index (χ0v) is 14.1. The van der Waals surface area contributed by atoms with Crippen molar-refractivity contribution in [3.05, 3.63) is 72.6 Å². The number of benzene rings is 2. The molecule has 25 heavy (non-hydrogen) atoms. The van der Waals surface area contributed by atoms with Crippen molar-refractivity contribution >= 4 is 17.3 Å². The number of ether oxygens (including phenoxy) is 1. The third-order valence-corrected chi connectivity index (χ3v) is 4.08. The van der Waals surface area contributed by atoms with Crippen molar-refractivity contribution in [3.63, 3.8) is 0 Å². The van der Waals surface area contributed by atoms with E-state index < -0.39 is 0 Å². The van der Waals surface area contributed by atoms with Gasteiger partial charge < -0.3 is 10.1 Å². The predicted molar refractivity (Wildman–Crippen MR) is 99.4 cm³/mol. The molecule has 0 aliphatic carbocycles. The molecule has 0 amide bonds. The number of nitrogens with one attached hydrogen (secondary N) is 1. The lowest BCUT2D eigenvalue weighted by Gasteiger charge is -2.09. The van der Waals surface area contributed by atoms with Gasteiger partial charge >= 0.3 is 0 Å². The molecule has 2 heterocycles. The van der Waals surface area contributed by atoms with E-state index in [0.717, 1.165) is 28.5 Å². The Labute approximate surface area is 145 Å². The second-order valence-corrected chi connectivity index (χ2v) is 5.82. The molecule has 2 aromatic heterocycles. The second kappa shape index (κ2) is 6.28. The molecule has 0 unspecified atom stereocenters. The Balaban J connectivity index is 1.83. The largest absolute Gasteiger partial charge is 0.497 e. The number of anilines is 2. The third kappa shape index (κ3) is 2.92. The molecule has 124 valence electrons. The van der Waals surface area contributed by atoms with Crippen LogP contribution in [0.1, 0.15) is 5.56 Å². The molecule has 5 heteroatoms. The standard InChI is InChI=1S/C20H18N4O/c1-14-4-8-16(9-5-14)22-19-18(15-6-10-17(25-2)11-7-15)23-20-21-12-3-13-24(19)20/h3-13,22H,1-2H3. The van der Waals surface area contributed by atoms with E-state index in [2.05, 4.69) is 41.5 Å². The number of rotatable bonds is 4. The van der Waals surface area contributed by atoms with Crippen molar-refractivity contribution in [1.29, 1.82) is 0 Å². The minimum absolute atomic E-state index is 0.655. The van der Waals surface area contributed by atoms with E-state index in [9.17, 15) is 0 Å². The molecular weight excluding hydrogens is 312 g/mol. The average molecular weight is 330 g/mol. The summed E-state index contributed by atoms with van der Waals surface area (Å²) in [4.78, 5) is 9.07. The molecule has 0 aliphatic heterocycles. The maximum atomic E-state index is 5.25. The van der Waals surface area contributed by atoms with Gasteiger partial charge in [-0.3, -0.25) is 4.40 Å². The van der Waals surface area contributed by atoms with Crippen molar-refractivity contribution in [1.82, 2.24) is 14.4 Å². The summed E-state index contributed by atoms with van der Waals surface area (Å²) >= 11 is 0. The summed E-state index contributed by atoms with van der Waals surface area (Å²) in [5.41, 5.74) is 4.08. The van der Waals surface area contributed by atoms with Crippen LogP contribution in [0.15, 0.2) is 67.0 Å². The van der Waals surface area contributed by atoms with Gasteiger partial charge in [-0.15, -0.1) is 0 Å². The quantitative estimate of drug-likeness (QED) is 0.600. The number of aromatic nitrogens is 3. The van der Waals surface area contributed by atoms with Crippen LogP contribution in [0.3, 0.4) is 0 Å². The first-order chi connectivity index (χ1) is 12.2. The average Bonchev–Trinajstić information content (AvgIpc) is 3.02. The van der Waals surface area contributed by atoms with Gasteiger partial charge in [0.25, 0.3) is 0 Å². The number of nitrogens with zero attached hydrogens (tertiary/aromatic N) is 3. The van der Waals surface area contributed by atoms with E-state index in [1.165, 1.54) is 5.56 Å². The number of fused-ring (bicyclic) bond motifs is 1. The van der Waals surface area contributed by atoms with E-state index in [1.807, 2.05) is 40.9 Å². The van der Waals surface area contributed by atoms with Crippen molar-refractivity contribution < 1.29 is 4.74 Å². The van der Waals surface area contributed by atoms with Gasteiger partial charge in [0.2, 0.25) is 5.78 Å². The minimum Gasteiger partial charge on any atom is -0.497 e. The summed E-state index contributed by atoms with van der Waals surface area (Å²) < 4.78 is 7.21. The van der Waals surface area contributed by atoms with Crippen LogP contribution in [0.2, 0.25) is 0 Å². The highest BCUT2D eigenvalue weighted by atomic mass is 16.5. The molecular formula is C20H18N4O. The molecule has 5 nitrogen and oxygen atoms in total. The van der Waals surface area contributed by atoms with E-state index in [1.54, 1.807) is 13.3 Å². The SMILES string of the molecule is COc1ccc(-c2nc3ncccn3c2Nc2ccc(C)cc2)cc1. The van der Waals surface area contributed by atoms with Gasteiger partial charge in [-0.25, -0.2) is 9.97 Å². The molecule has 0 aliphatic rings. The zero-order chi connectivity index (χ0) is 17.2. The van der Waals surface area contributed by atoms with Gasteiger partial charge in [-0.05, 0) is 49.4 Å². The lowest BCUT2D eigenvalue weighted by Crippen LogP contribution is -1.97. The molecule has 0 bridgehead atoms. The van der Waals surface area contributed by atoms with Gasteiger partial charge in [-0.2, -0.15) is 0 Å². The summed E-state index contributed by atoms with van der Waals surface area (Å²) in [6.45, 7) is 2.07. The molecule has 0 atom stereocenters. The van der Waals surface area contributed by atoms with Crippen LogP contribution >= 0.6 is 0 Å². The summed E-state index contributed by atoms with van der Waals surface area (Å²) in [7, 11) is 1.66. The summed E-state index contributed by atoms with van der Waals surface area (Å²) in [5.74, 6) is 2.36. The van der Waals surface area contributed by atoms with Crippen molar-refractivity contribution in [2.45, 2.75) is 6.92 Å². The van der Waals surface area contributed by atoms with Crippen molar-refractivity contribution in [3.8, 4) is 17.0 Å². The van der Waals surface area contributed by atoms with Crippen LogP contribution in [-0.4, -0.2) is 21.5 Å². The van der Waals surface area contributed by atoms with Gasteiger partial charge in [-0.1, -0.05) is 17.7 Å². The molecule has 4 rings (SSSR count). The number of methoxy groups -OCH3 is 1. The Morgan fingerprint density at radius 2 is 1.76 bits per heavy atom. The topological polar surface area (TPSA) is 51.5 Å². The molecule has 2 aromatic carbocycles. The number of imidazole rings is 1. The first kappa shape index (κ1) is 15.2. The van der Waals surface area contributed by atoms with Gasteiger partial charge in [0, 0.05) is 23.6 Å². The zero-order valence-electron chi connectivity index (χ0n) is 14.1. The first-order valence-electron chi connectivity index (χ1n) is 8.06. The van der Waals surface area contributed by atoms with Gasteiger partial charge in [0.15, 0.2) is 0 Å². The molecule has 0 spiro atoms. The third-order valence-electron chi connectivity index (χ3n) is 4.08. The van der Waals surface area contributed by atoms with Crippen LogP contribution < -0.4 is 10.1 Å². The Bertz CT molecular complexity index is 1000. The first-order valence-corrected chi connectivity index (χ1v) is 8.06. The lowest BCUT2D eigenvalue weighted by molar-refractivity contribution is 0.415. The molecule has 0 saturated heterocycles. The van der Waals surface area contributed by atoms with Crippen molar-refractivity contribution in [2.24, 2.45) is 0 Å². The molecule has 1 N–H and O–H groups in total. The molecule has 0 radical (unpaired) electrons. The molecule has 0 fully saturated rings. The fraction of sp³-hybridized carbons (Fsp3) is 0.100. The highest BCUT2D eigenvalue weighted by molar-refractivity contribution is 5.79. The Kier molecular flexibility index (Phi) is 3.82. The summed E-state index contributed by atoms with van der Waals surface area (Å²) in [6, 6.07) is 18.0. The highest BCUT2D eigenvalue weighted by Gasteiger charge is 2.15. The van der Waals surface area contributed by atoms with Crippen LogP contribution in [0.25, 0.3) is 17.0 Å². The van der Waals surface area contributed by atoms with E-state index >= 15 is 0 Å². The van der Waals surface area contributed by atoms with Gasteiger partial charge in [0.05, 0.1) is 7.11 Å². The van der Waals surface area contributed by atoms with E-state index in [0.29, 0.717) is 5.78 Å². The lowest BCUT2D eigenvalue weighted by atomic mass is 10.1. The van der Waals surface area contributed by atoms with Crippen LogP contribution in [0.4, 0.5) is 11.5 Å².